The molecule has 0 atom stereocenters. The zero-order valence-corrected chi connectivity index (χ0v) is 14.6. The van der Waals surface area contributed by atoms with Crippen molar-refractivity contribution in [3.63, 3.8) is 0 Å². The lowest BCUT2D eigenvalue weighted by Gasteiger charge is -2.05. The zero-order chi connectivity index (χ0) is 16.3. The van der Waals surface area contributed by atoms with Crippen molar-refractivity contribution in [2.24, 2.45) is 5.10 Å². The number of rotatable bonds is 4. The molecule has 2 rings (SSSR count). The fourth-order valence-corrected chi connectivity index (χ4v) is 3.11. The number of halogens is 4. The summed E-state index contributed by atoms with van der Waals surface area (Å²) in [5.74, 6) is 0. The Morgan fingerprint density at radius 1 is 0.909 bits per heavy atom. The number of hydrogen-bond donors (Lipinski definition) is 1. The van der Waals surface area contributed by atoms with Crippen LogP contribution in [0.25, 0.3) is 0 Å². The standard InChI is InChI=1S/C13H8Cl4N2O2S/c14-9-2-1-8(12(16)5-9)7-18-19-22(20,21)10-3-4-11(15)13(17)6-10/h1-7,19H/b18-7+. The fraction of sp³-hybridized carbons (Fsp3) is 0. The second-order valence-electron chi connectivity index (χ2n) is 4.09. The maximum absolute atomic E-state index is 12.0. The van der Waals surface area contributed by atoms with E-state index in [0.717, 1.165) is 0 Å². The van der Waals surface area contributed by atoms with E-state index in [-0.39, 0.29) is 14.9 Å². The molecule has 0 saturated heterocycles. The molecule has 1 N–H and O–H groups in total. The van der Waals surface area contributed by atoms with Crippen LogP contribution < -0.4 is 4.83 Å². The van der Waals surface area contributed by atoms with E-state index in [4.69, 9.17) is 46.4 Å². The summed E-state index contributed by atoms with van der Waals surface area (Å²) in [6, 6.07) is 8.69. The van der Waals surface area contributed by atoms with Crippen LogP contribution in [0.4, 0.5) is 0 Å². The minimum absolute atomic E-state index is 0.0544. The zero-order valence-electron chi connectivity index (χ0n) is 10.7. The highest BCUT2D eigenvalue weighted by Crippen LogP contribution is 2.24. The van der Waals surface area contributed by atoms with E-state index in [9.17, 15) is 8.42 Å². The van der Waals surface area contributed by atoms with Crippen molar-refractivity contribution in [2.45, 2.75) is 4.90 Å². The maximum atomic E-state index is 12.0. The summed E-state index contributed by atoms with van der Waals surface area (Å²) >= 11 is 23.3. The second kappa shape index (κ2) is 7.06. The summed E-state index contributed by atoms with van der Waals surface area (Å²) in [6.45, 7) is 0. The molecule has 4 nitrogen and oxygen atoms in total. The molecule has 0 radical (unpaired) electrons. The van der Waals surface area contributed by atoms with Crippen molar-refractivity contribution in [3.05, 3.63) is 62.1 Å². The Hall–Kier alpha value is -0.980. The Morgan fingerprint density at radius 3 is 2.27 bits per heavy atom. The predicted octanol–water partition coefficient (Wildman–Crippen LogP) is 4.61. The first kappa shape index (κ1) is 17.4. The summed E-state index contributed by atoms with van der Waals surface area (Å²) in [5.41, 5.74) is 0.517. The van der Waals surface area contributed by atoms with Gasteiger partial charge in [0.2, 0.25) is 0 Å². The first-order chi connectivity index (χ1) is 10.3. The molecular weight excluding hydrogens is 390 g/mol. The predicted molar refractivity (Wildman–Crippen MR) is 90.8 cm³/mol. The highest BCUT2D eigenvalue weighted by molar-refractivity contribution is 7.89. The molecule has 2 aromatic carbocycles. The molecule has 0 aliphatic carbocycles. The maximum Gasteiger partial charge on any atom is 0.276 e. The van der Waals surface area contributed by atoms with Crippen LogP contribution in [0.15, 0.2) is 46.4 Å². The van der Waals surface area contributed by atoms with Crippen LogP contribution in [-0.2, 0) is 10.0 Å². The molecule has 0 aliphatic rings. The molecule has 0 aromatic heterocycles. The van der Waals surface area contributed by atoms with Gasteiger partial charge in [-0.2, -0.15) is 13.5 Å². The summed E-state index contributed by atoms with van der Waals surface area (Å²) in [4.78, 5) is 2.01. The van der Waals surface area contributed by atoms with Crippen molar-refractivity contribution in [1.29, 1.82) is 0 Å². The largest absolute Gasteiger partial charge is 0.276 e. The minimum atomic E-state index is -3.85. The van der Waals surface area contributed by atoms with Crippen molar-refractivity contribution in [3.8, 4) is 0 Å². The van der Waals surface area contributed by atoms with Gasteiger partial charge in [0.1, 0.15) is 0 Å². The average molecular weight is 398 g/mol. The fourth-order valence-electron chi connectivity index (χ4n) is 1.47. The van der Waals surface area contributed by atoms with E-state index in [1.54, 1.807) is 12.1 Å². The van der Waals surface area contributed by atoms with E-state index in [0.29, 0.717) is 15.6 Å². The van der Waals surface area contributed by atoms with Gasteiger partial charge < -0.3 is 0 Å². The lowest BCUT2D eigenvalue weighted by molar-refractivity contribution is 0.584. The van der Waals surface area contributed by atoms with Gasteiger partial charge >= 0.3 is 0 Å². The van der Waals surface area contributed by atoms with Gasteiger partial charge in [-0.15, -0.1) is 0 Å². The molecule has 0 heterocycles. The quantitative estimate of drug-likeness (QED) is 0.604. The number of nitrogens with zero attached hydrogens (tertiary/aromatic N) is 1. The topological polar surface area (TPSA) is 58.5 Å². The van der Waals surface area contributed by atoms with Gasteiger partial charge in [0.05, 0.1) is 26.2 Å². The monoisotopic (exact) mass is 396 g/mol. The summed E-state index contributed by atoms with van der Waals surface area (Å²) < 4.78 is 24.1. The molecule has 0 spiro atoms. The van der Waals surface area contributed by atoms with E-state index >= 15 is 0 Å². The lowest BCUT2D eigenvalue weighted by atomic mass is 10.2. The molecule has 0 bridgehead atoms. The molecule has 22 heavy (non-hydrogen) atoms. The third-order valence-corrected chi connectivity index (χ3v) is 5.06. The van der Waals surface area contributed by atoms with Crippen LogP contribution in [0.1, 0.15) is 5.56 Å². The number of nitrogens with one attached hydrogen (secondary N) is 1. The van der Waals surface area contributed by atoms with E-state index in [1.165, 1.54) is 30.5 Å². The average Bonchev–Trinajstić information content (AvgIpc) is 2.44. The second-order valence-corrected chi connectivity index (χ2v) is 7.41. The lowest BCUT2D eigenvalue weighted by Crippen LogP contribution is -2.18. The van der Waals surface area contributed by atoms with E-state index in [2.05, 4.69) is 9.93 Å². The molecular formula is C13H8Cl4N2O2S. The van der Waals surface area contributed by atoms with Gasteiger partial charge in [-0.25, -0.2) is 4.83 Å². The molecule has 0 unspecified atom stereocenters. The van der Waals surface area contributed by atoms with Gasteiger partial charge in [-0.05, 0) is 30.3 Å². The van der Waals surface area contributed by atoms with E-state index in [1.807, 2.05) is 0 Å². The molecule has 0 amide bonds. The van der Waals surface area contributed by atoms with Gasteiger partial charge in [0.25, 0.3) is 10.0 Å². The number of sulfonamides is 1. The Kier molecular flexibility index (Phi) is 5.58. The molecule has 9 heteroatoms. The number of hydrazone groups is 1. The molecule has 2 aromatic rings. The molecule has 0 aliphatic heterocycles. The molecule has 0 saturated carbocycles. The van der Waals surface area contributed by atoms with Gasteiger partial charge in [0, 0.05) is 10.6 Å². The van der Waals surface area contributed by atoms with Crippen molar-refractivity contribution in [1.82, 2.24) is 4.83 Å². The molecule has 116 valence electrons. The third kappa shape index (κ3) is 4.27. The SMILES string of the molecule is O=S(=O)(N/N=C/c1ccc(Cl)cc1Cl)c1ccc(Cl)c(Cl)c1. The van der Waals surface area contributed by atoms with Crippen LogP contribution in [-0.4, -0.2) is 14.6 Å². The minimum Gasteiger partial charge on any atom is -0.200 e. The van der Waals surface area contributed by atoms with Crippen molar-refractivity contribution >= 4 is 62.6 Å². The van der Waals surface area contributed by atoms with Gasteiger partial charge in [-0.3, -0.25) is 0 Å². The molecule has 0 fully saturated rings. The van der Waals surface area contributed by atoms with Crippen molar-refractivity contribution in [2.75, 3.05) is 0 Å². The smallest absolute Gasteiger partial charge is 0.200 e. The third-order valence-electron chi connectivity index (χ3n) is 2.54. The first-order valence-corrected chi connectivity index (χ1v) is 8.74. The first-order valence-electron chi connectivity index (χ1n) is 5.74. The Morgan fingerprint density at radius 2 is 1.64 bits per heavy atom. The highest BCUT2D eigenvalue weighted by Gasteiger charge is 2.14. The van der Waals surface area contributed by atoms with E-state index < -0.39 is 10.0 Å². The van der Waals surface area contributed by atoms with Crippen LogP contribution >= 0.6 is 46.4 Å². The van der Waals surface area contributed by atoms with Crippen LogP contribution in [0.3, 0.4) is 0 Å². The van der Waals surface area contributed by atoms with Gasteiger partial charge in [-0.1, -0.05) is 52.5 Å². The van der Waals surface area contributed by atoms with Crippen molar-refractivity contribution < 1.29 is 8.42 Å². The highest BCUT2D eigenvalue weighted by atomic mass is 35.5. The Balaban J connectivity index is 2.18. The summed E-state index contributed by atoms with van der Waals surface area (Å²) in [6.07, 6.45) is 1.27. The number of hydrogen-bond acceptors (Lipinski definition) is 3. The number of benzene rings is 2. The summed E-state index contributed by atoms with van der Waals surface area (Å²) in [7, 11) is -3.85. The Bertz CT molecular complexity index is 838. The van der Waals surface area contributed by atoms with Crippen LogP contribution in [0, 0.1) is 0 Å². The normalized spacial score (nSPS) is 11.8. The van der Waals surface area contributed by atoms with Crippen LogP contribution in [0.2, 0.25) is 20.1 Å². The summed E-state index contributed by atoms with van der Waals surface area (Å²) in [5, 5.41) is 4.88. The van der Waals surface area contributed by atoms with Gasteiger partial charge in [0.15, 0.2) is 0 Å². The Labute approximate surface area is 147 Å². The van der Waals surface area contributed by atoms with Crippen LogP contribution in [0.5, 0.6) is 0 Å².